The summed E-state index contributed by atoms with van der Waals surface area (Å²) >= 11 is 3.54. The molecular formula is C18H20BrNO2. The van der Waals surface area contributed by atoms with Crippen LogP contribution < -0.4 is 0 Å². The third-order valence-electron chi connectivity index (χ3n) is 7.14. The molecule has 1 aliphatic heterocycles. The number of phenolic OH excluding ortho intramolecular Hbond substituents is 1. The van der Waals surface area contributed by atoms with E-state index in [0.29, 0.717) is 6.04 Å². The summed E-state index contributed by atoms with van der Waals surface area (Å²) in [5, 5.41) is 10.1. The number of Topliss-reactive ketones (excluding diaryl/α,β-unsaturated/α-hetero) is 1. The maximum atomic E-state index is 13.1. The predicted octanol–water partition coefficient (Wildman–Crippen LogP) is 3.48. The molecule has 22 heavy (non-hydrogen) atoms. The standard InChI is InChI=1S/C18H20BrNO2/c1-17-7-12-18(17,2)16(20(12)8-9-3-4-9)15(22)10-5-6-11(21)14(19)13(10)17/h5-6,9,12,16,21H,3-4,7-8H2,1-2H3/t12?,16?,17-,18?/m0/s1. The van der Waals surface area contributed by atoms with E-state index >= 15 is 0 Å². The molecule has 1 saturated heterocycles. The van der Waals surface area contributed by atoms with Crippen LogP contribution in [-0.2, 0) is 5.41 Å². The number of rotatable bonds is 2. The quantitative estimate of drug-likeness (QED) is 0.876. The number of halogens is 1. The van der Waals surface area contributed by atoms with Gasteiger partial charge in [0.25, 0.3) is 0 Å². The minimum absolute atomic E-state index is 0.0107. The number of nitrogens with zero attached hydrogens (tertiary/aromatic N) is 1. The summed E-state index contributed by atoms with van der Waals surface area (Å²) in [5.74, 6) is 1.32. The topological polar surface area (TPSA) is 40.5 Å². The number of ketones is 1. The molecule has 4 atom stereocenters. The second-order valence-electron chi connectivity index (χ2n) is 8.06. The van der Waals surface area contributed by atoms with Crippen LogP contribution in [0.15, 0.2) is 16.6 Å². The van der Waals surface area contributed by atoms with Crippen LogP contribution in [0.4, 0.5) is 0 Å². The lowest BCUT2D eigenvalue weighted by Gasteiger charge is -2.79. The normalized spacial score (nSPS) is 42.2. The van der Waals surface area contributed by atoms with E-state index in [2.05, 4.69) is 34.7 Å². The first-order valence-corrected chi connectivity index (χ1v) is 9.01. The van der Waals surface area contributed by atoms with Crippen molar-refractivity contribution in [3.8, 4) is 5.75 Å². The summed E-state index contributed by atoms with van der Waals surface area (Å²) < 4.78 is 0.722. The lowest BCUT2D eigenvalue weighted by Crippen LogP contribution is -2.87. The van der Waals surface area contributed by atoms with Gasteiger partial charge >= 0.3 is 0 Å². The molecule has 0 aromatic heterocycles. The van der Waals surface area contributed by atoms with Crippen molar-refractivity contribution in [2.75, 3.05) is 6.54 Å². The number of carbonyl (C=O) groups is 1. The predicted molar refractivity (Wildman–Crippen MR) is 87.2 cm³/mol. The first-order valence-electron chi connectivity index (χ1n) is 8.21. The number of fused-ring (bicyclic) bond motifs is 2. The average molecular weight is 362 g/mol. The van der Waals surface area contributed by atoms with Gasteiger partial charge in [0.2, 0.25) is 0 Å². The summed E-state index contributed by atoms with van der Waals surface area (Å²) in [6.45, 7) is 5.66. The molecule has 1 N–H and O–H groups in total. The summed E-state index contributed by atoms with van der Waals surface area (Å²) in [6, 6.07) is 4.05. The number of piperidine rings is 1. The van der Waals surface area contributed by atoms with Crippen LogP contribution in [-0.4, -0.2) is 34.4 Å². The Bertz CT molecular complexity index is 728. The molecule has 3 aliphatic carbocycles. The number of benzene rings is 1. The van der Waals surface area contributed by atoms with Gasteiger partial charge in [-0.05, 0) is 58.8 Å². The smallest absolute Gasteiger partial charge is 0.180 e. The van der Waals surface area contributed by atoms with Crippen LogP contribution in [0, 0.1) is 11.3 Å². The van der Waals surface area contributed by atoms with Crippen molar-refractivity contribution in [2.24, 2.45) is 11.3 Å². The number of hydrogen-bond acceptors (Lipinski definition) is 3. The Morgan fingerprint density at radius 2 is 2.09 bits per heavy atom. The fourth-order valence-corrected chi connectivity index (χ4v) is 6.31. The minimum Gasteiger partial charge on any atom is -0.507 e. The van der Waals surface area contributed by atoms with E-state index < -0.39 is 0 Å². The summed E-state index contributed by atoms with van der Waals surface area (Å²) in [5.41, 5.74) is 1.87. The molecule has 0 radical (unpaired) electrons. The van der Waals surface area contributed by atoms with Crippen molar-refractivity contribution in [3.63, 3.8) is 0 Å². The van der Waals surface area contributed by atoms with Crippen molar-refractivity contribution in [1.82, 2.24) is 4.90 Å². The highest BCUT2D eigenvalue weighted by Crippen LogP contribution is 2.72. The van der Waals surface area contributed by atoms with Gasteiger partial charge in [-0.3, -0.25) is 9.69 Å². The molecule has 116 valence electrons. The van der Waals surface area contributed by atoms with Crippen LogP contribution >= 0.6 is 15.9 Å². The van der Waals surface area contributed by atoms with Crippen LogP contribution in [0.2, 0.25) is 0 Å². The van der Waals surface area contributed by atoms with Crippen LogP contribution in [0.1, 0.15) is 49.0 Å². The first-order chi connectivity index (χ1) is 10.4. The molecule has 3 nitrogen and oxygen atoms in total. The molecule has 1 heterocycles. The van der Waals surface area contributed by atoms with Gasteiger partial charge in [-0.15, -0.1) is 0 Å². The number of hydrogen-bond donors (Lipinski definition) is 1. The summed E-state index contributed by atoms with van der Waals surface area (Å²) in [6.07, 6.45) is 3.75. The van der Waals surface area contributed by atoms with E-state index in [4.69, 9.17) is 0 Å². The highest BCUT2D eigenvalue weighted by molar-refractivity contribution is 9.10. The fraction of sp³-hybridized carbons (Fsp3) is 0.611. The van der Waals surface area contributed by atoms with E-state index in [1.54, 1.807) is 6.07 Å². The molecule has 1 aromatic rings. The number of carbonyl (C=O) groups excluding carboxylic acids is 1. The van der Waals surface area contributed by atoms with Gasteiger partial charge in [-0.2, -0.15) is 0 Å². The maximum Gasteiger partial charge on any atom is 0.180 e. The van der Waals surface area contributed by atoms with Gasteiger partial charge in [0.05, 0.1) is 10.5 Å². The van der Waals surface area contributed by atoms with Crippen LogP contribution in [0.5, 0.6) is 5.75 Å². The van der Waals surface area contributed by atoms with E-state index in [1.807, 2.05) is 6.07 Å². The fourth-order valence-electron chi connectivity index (χ4n) is 5.53. The highest BCUT2D eigenvalue weighted by Gasteiger charge is 2.78. The van der Waals surface area contributed by atoms with E-state index in [1.165, 1.54) is 12.8 Å². The molecule has 3 fully saturated rings. The van der Waals surface area contributed by atoms with Gasteiger partial charge in [0.1, 0.15) is 5.75 Å². The van der Waals surface area contributed by atoms with Gasteiger partial charge in [-0.1, -0.05) is 13.8 Å². The van der Waals surface area contributed by atoms with Gasteiger partial charge in [-0.25, -0.2) is 0 Å². The zero-order chi connectivity index (χ0) is 15.4. The lowest BCUT2D eigenvalue weighted by molar-refractivity contribution is -0.235. The molecule has 1 aromatic carbocycles. The molecule has 4 aliphatic rings. The molecule has 0 amide bonds. The Morgan fingerprint density at radius 3 is 2.77 bits per heavy atom. The molecule has 3 unspecified atom stereocenters. The molecule has 0 spiro atoms. The van der Waals surface area contributed by atoms with E-state index in [9.17, 15) is 9.90 Å². The van der Waals surface area contributed by atoms with Crippen molar-refractivity contribution < 1.29 is 9.90 Å². The summed E-state index contributed by atoms with van der Waals surface area (Å²) in [7, 11) is 0. The molecule has 4 heteroatoms. The molecule has 5 rings (SSSR count). The van der Waals surface area contributed by atoms with E-state index in [0.717, 1.165) is 34.5 Å². The SMILES string of the molecule is CC12C3C[C@@]1(C)c1c(ccc(O)c1Br)C(=O)C2N3CC1CC1. The van der Waals surface area contributed by atoms with Crippen LogP contribution in [0.25, 0.3) is 0 Å². The van der Waals surface area contributed by atoms with Crippen molar-refractivity contribution in [2.45, 2.75) is 50.6 Å². The Balaban J connectivity index is 1.67. The molecule has 0 bridgehead atoms. The zero-order valence-electron chi connectivity index (χ0n) is 12.9. The third kappa shape index (κ3) is 1.24. The second kappa shape index (κ2) is 3.78. The van der Waals surface area contributed by atoms with E-state index in [-0.39, 0.29) is 28.4 Å². The Labute approximate surface area is 138 Å². The number of aromatic hydroxyl groups is 1. The van der Waals surface area contributed by atoms with Gasteiger partial charge in [0.15, 0.2) is 5.78 Å². The summed E-state index contributed by atoms with van der Waals surface area (Å²) in [4.78, 5) is 15.6. The van der Waals surface area contributed by atoms with Crippen LogP contribution in [0.3, 0.4) is 0 Å². The largest absolute Gasteiger partial charge is 0.507 e. The van der Waals surface area contributed by atoms with Crippen molar-refractivity contribution >= 4 is 21.7 Å². The second-order valence-corrected chi connectivity index (χ2v) is 8.86. The maximum absolute atomic E-state index is 13.1. The first kappa shape index (κ1) is 13.6. The molecular weight excluding hydrogens is 342 g/mol. The van der Waals surface area contributed by atoms with Gasteiger partial charge in [0, 0.05) is 29.0 Å². The minimum atomic E-state index is -0.0107. The monoisotopic (exact) mass is 361 g/mol. The Morgan fingerprint density at radius 1 is 1.36 bits per heavy atom. The Kier molecular flexibility index (Phi) is 2.33. The third-order valence-corrected chi connectivity index (χ3v) is 7.94. The lowest BCUT2D eigenvalue weighted by atomic mass is 9.35. The van der Waals surface area contributed by atoms with Gasteiger partial charge < -0.3 is 5.11 Å². The number of likely N-dealkylation sites (tertiary alicyclic amines) is 1. The van der Waals surface area contributed by atoms with Crippen molar-refractivity contribution in [3.05, 3.63) is 27.7 Å². The zero-order valence-corrected chi connectivity index (χ0v) is 14.5. The average Bonchev–Trinajstić information content (AvgIpc) is 3.29. The Hall–Kier alpha value is -0.870. The highest BCUT2D eigenvalue weighted by atomic mass is 79.9. The number of phenols is 1. The van der Waals surface area contributed by atoms with Crippen molar-refractivity contribution in [1.29, 1.82) is 0 Å². The molecule has 2 saturated carbocycles.